The molecular weight excluding hydrogens is 258 g/mol. The van der Waals surface area contributed by atoms with Crippen LogP contribution in [0.3, 0.4) is 0 Å². The molecule has 0 aliphatic heterocycles. The number of nitrogens with one attached hydrogen (secondary N) is 1. The maximum absolute atomic E-state index is 11.7. The second-order valence-corrected chi connectivity index (χ2v) is 5.04. The summed E-state index contributed by atoms with van der Waals surface area (Å²) >= 11 is 1.49. The van der Waals surface area contributed by atoms with Crippen molar-refractivity contribution in [3.8, 4) is 0 Å². The number of amides is 1. The average Bonchev–Trinajstić information content (AvgIpc) is 2.45. The number of hydrogen-bond acceptors (Lipinski definition) is 4. The van der Waals surface area contributed by atoms with E-state index in [9.17, 15) is 4.79 Å². The Morgan fingerprint density at radius 3 is 2.74 bits per heavy atom. The van der Waals surface area contributed by atoms with Crippen LogP contribution in [0.4, 0.5) is 5.69 Å². The van der Waals surface area contributed by atoms with Crippen LogP contribution in [0.1, 0.15) is 5.56 Å². The lowest BCUT2D eigenvalue weighted by molar-refractivity contribution is -0.118. The van der Waals surface area contributed by atoms with Crippen molar-refractivity contribution in [3.05, 3.63) is 54.4 Å². The second-order valence-electron chi connectivity index (χ2n) is 4.00. The van der Waals surface area contributed by atoms with Gasteiger partial charge in [0.2, 0.25) is 5.91 Å². The molecule has 0 aliphatic rings. The summed E-state index contributed by atoms with van der Waals surface area (Å²) in [6.45, 7) is 0.509. The lowest BCUT2D eigenvalue weighted by Gasteiger charge is -2.05. The number of nitrogens with two attached hydrogens (primary N) is 1. The van der Waals surface area contributed by atoms with E-state index in [-0.39, 0.29) is 5.91 Å². The highest BCUT2D eigenvalue weighted by Gasteiger charge is 2.02. The van der Waals surface area contributed by atoms with Crippen molar-refractivity contribution in [2.75, 3.05) is 11.5 Å². The van der Waals surface area contributed by atoms with Crippen molar-refractivity contribution in [1.29, 1.82) is 0 Å². The molecule has 0 bridgehead atoms. The molecule has 1 aromatic heterocycles. The van der Waals surface area contributed by atoms with Gasteiger partial charge in [0, 0.05) is 29.5 Å². The number of nitrogens with zero attached hydrogens (tertiary/aromatic N) is 1. The lowest BCUT2D eigenvalue weighted by Crippen LogP contribution is -2.24. The Balaban J connectivity index is 1.74. The predicted molar refractivity (Wildman–Crippen MR) is 77.7 cm³/mol. The fourth-order valence-electron chi connectivity index (χ4n) is 1.47. The molecule has 0 aliphatic carbocycles. The maximum atomic E-state index is 11.7. The minimum Gasteiger partial charge on any atom is -0.399 e. The minimum absolute atomic E-state index is 0.00526. The molecule has 2 aromatic rings. The first-order chi connectivity index (χ1) is 9.24. The molecule has 1 amide bonds. The third-order valence-corrected chi connectivity index (χ3v) is 3.47. The van der Waals surface area contributed by atoms with Crippen molar-refractivity contribution >= 4 is 23.4 Å². The summed E-state index contributed by atoms with van der Waals surface area (Å²) < 4.78 is 0. The van der Waals surface area contributed by atoms with Crippen LogP contribution in [0.25, 0.3) is 0 Å². The molecular formula is C14H15N3OS. The van der Waals surface area contributed by atoms with E-state index in [4.69, 9.17) is 5.73 Å². The number of nitrogen functional groups attached to an aromatic ring is 1. The van der Waals surface area contributed by atoms with Crippen molar-refractivity contribution in [2.24, 2.45) is 0 Å². The van der Waals surface area contributed by atoms with Gasteiger partial charge in [0.1, 0.15) is 0 Å². The summed E-state index contributed by atoms with van der Waals surface area (Å²) in [4.78, 5) is 16.7. The zero-order valence-electron chi connectivity index (χ0n) is 10.4. The van der Waals surface area contributed by atoms with Crippen molar-refractivity contribution in [3.63, 3.8) is 0 Å². The number of rotatable bonds is 5. The van der Waals surface area contributed by atoms with E-state index in [2.05, 4.69) is 10.3 Å². The van der Waals surface area contributed by atoms with Gasteiger partial charge in [-0.25, -0.2) is 0 Å². The standard InChI is InChI=1S/C14H15N3OS/c15-12-3-5-13(6-4-12)19-10-14(18)17-9-11-2-1-7-16-8-11/h1-8H,9-10,15H2,(H,17,18). The van der Waals surface area contributed by atoms with E-state index in [1.54, 1.807) is 12.4 Å². The average molecular weight is 273 g/mol. The number of pyridine rings is 1. The molecule has 0 fully saturated rings. The van der Waals surface area contributed by atoms with E-state index >= 15 is 0 Å². The first kappa shape index (κ1) is 13.4. The molecule has 0 saturated carbocycles. The summed E-state index contributed by atoms with van der Waals surface area (Å²) in [6, 6.07) is 11.3. The van der Waals surface area contributed by atoms with E-state index in [0.717, 1.165) is 16.1 Å². The summed E-state index contributed by atoms with van der Waals surface area (Å²) in [5.74, 6) is 0.398. The Labute approximate surface area is 116 Å². The van der Waals surface area contributed by atoms with Gasteiger partial charge in [0.25, 0.3) is 0 Å². The van der Waals surface area contributed by atoms with Crippen LogP contribution in [0.15, 0.2) is 53.7 Å². The van der Waals surface area contributed by atoms with E-state index < -0.39 is 0 Å². The quantitative estimate of drug-likeness (QED) is 0.646. The molecule has 98 valence electrons. The zero-order valence-corrected chi connectivity index (χ0v) is 11.2. The molecule has 0 spiro atoms. The van der Waals surface area contributed by atoms with Gasteiger partial charge in [-0.05, 0) is 35.9 Å². The third-order valence-electron chi connectivity index (χ3n) is 2.46. The molecule has 1 heterocycles. The summed E-state index contributed by atoms with van der Waals surface area (Å²) in [5, 5.41) is 2.86. The minimum atomic E-state index is 0.00526. The molecule has 0 atom stereocenters. The maximum Gasteiger partial charge on any atom is 0.230 e. The van der Waals surface area contributed by atoms with Crippen molar-refractivity contribution < 1.29 is 4.79 Å². The van der Waals surface area contributed by atoms with Crippen molar-refractivity contribution in [2.45, 2.75) is 11.4 Å². The van der Waals surface area contributed by atoms with Gasteiger partial charge in [-0.15, -0.1) is 11.8 Å². The number of carbonyl (C=O) groups is 1. The Morgan fingerprint density at radius 1 is 1.26 bits per heavy atom. The fraction of sp³-hybridized carbons (Fsp3) is 0.143. The van der Waals surface area contributed by atoms with E-state index in [0.29, 0.717) is 12.3 Å². The first-order valence-corrected chi connectivity index (χ1v) is 6.86. The van der Waals surface area contributed by atoms with Crippen LogP contribution in [0.2, 0.25) is 0 Å². The van der Waals surface area contributed by atoms with Gasteiger partial charge in [-0.2, -0.15) is 0 Å². The smallest absolute Gasteiger partial charge is 0.230 e. The van der Waals surface area contributed by atoms with E-state index in [1.807, 2.05) is 36.4 Å². The number of hydrogen-bond donors (Lipinski definition) is 2. The molecule has 0 radical (unpaired) electrons. The Bertz CT molecular complexity index is 528. The highest BCUT2D eigenvalue weighted by atomic mass is 32.2. The Hall–Kier alpha value is -2.01. The fourth-order valence-corrected chi connectivity index (χ4v) is 2.20. The molecule has 19 heavy (non-hydrogen) atoms. The number of carbonyl (C=O) groups excluding carboxylic acids is 1. The van der Waals surface area contributed by atoms with Crippen LogP contribution in [-0.4, -0.2) is 16.6 Å². The number of thioether (sulfide) groups is 1. The molecule has 1 aromatic carbocycles. The highest BCUT2D eigenvalue weighted by molar-refractivity contribution is 8.00. The van der Waals surface area contributed by atoms with Gasteiger partial charge in [-0.3, -0.25) is 9.78 Å². The van der Waals surface area contributed by atoms with E-state index in [1.165, 1.54) is 11.8 Å². The second kappa shape index (κ2) is 6.80. The summed E-state index contributed by atoms with van der Waals surface area (Å²) in [7, 11) is 0. The first-order valence-electron chi connectivity index (χ1n) is 5.88. The molecule has 3 N–H and O–H groups in total. The highest BCUT2D eigenvalue weighted by Crippen LogP contribution is 2.18. The molecule has 5 heteroatoms. The number of anilines is 1. The van der Waals surface area contributed by atoms with Crippen LogP contribution in [0, 0.1) is 0 Å². The third kappa shape index (κ3) is 4.63. The number of benzene rings is 1. The molecule has 0 unspecified atom stereocenters. The monoisotopic (exact) mass is 273 g/mol. The zero-order chi connectivity index (χ0) is 13.5. The Morgan fingerprint density at radius 2 is 2.05 bits per heavy atom. The molecule has 2 rings (SSSR count). The normalized spacial score (nSPS) is 10.1. The largest absolute Gasteiger partial charge is 0.399 e. The number of aromatic nitrogens is 1. The molecule has 4 nitrogen and oxygen atoms in total. The lowest BCUT2D eigenvalue weighted by atomic mass is 10.3. The predicted octanol–water partition coefficient (Wildman–Crippen LogP) is 2.07. The Kier molecular flexibility index (Phi) is 4.80. The van der Waals surface area contributed by atoms with Crippen LogP contribution >= 0.6 is 11.8 Å². The van der Waals surface area contributed by atoms with Gasteiger partial charge in [0.05, 0.1) is 5.75 Å². The summed E-state index contributed by atoms with van der Waals surface area (Å²) in [5.41, 5.74) is 7.32. The van der Waals surface area contributed by atoms with Gasteiger partial charge >= 0.3 is 0 Å². The van der Waals surface area contributed by atoms with Gasteiger partial charge < -0.3 is 11.1 Å². The molecule has 0 saturated heterocycles. The van der Waals surface area contributed by atoms with Crippen LogP contribution < -0.4 is 11.1 Å². The van der Waals surface area contributed by atoms with Crippen molar-refractivity contribution in [1.82, 2.24) is 10.3 Å². The van der Waals surface area contributed by atoms with Gasteiger partial charge in [-0.1, -0.05) is 6.07 Å². The topological polar surface area (TPSA) is 68.0 Å². The SMILES string of the molecule is Nc1ccc(SCC(=O)NCc2cccnc2)cc1. The van der Waals surface area contributed by atoms with Gasteiger partial charge in [0.15, 0.2) is 0 Å². The van der Waals surface area contributed by atoms with Crippen LogP contribution in [-0.2, 0) is 11.3 Å². The van der Waals surface area contributed by atoms with Crippen LogP contribution in [0.5, 0.6) is 0 Å². The summed E-state index contributed by atoms with van der Waals surface area (Å²) in [6.07, 6.45) is 3.45.